The average molecular weight is 236 g/mol. The topological polar surface area (TPSA) is 67.5 Å². The summed E-state index contributed by atoms with van der Waals surface area (Å²) in [5, 5.41) is 13.1. The first-order valence-electron chi connectivity index (χ1n) is 6.08. The zero-order chi connectivity index (χ0) is 12.3. The van der Waals surface area contributed by atoms with Gasteiger partial charge in [0.05, 0.1) is 7.11 Å². The van der Waals surface area contributed by atoms with E-state index in [1.807, 2.05) is 6.07 Å². The predicted molar refractivity (Wildman–Crippen MR) is 68.5 cm³/mol. The number of hydrogen-bond donors (Lipinski definition) is 3. The van der Waals surface area contributed by atoms with Crippen LogP contribution >= 0.6 is 0 Å². The van der Waals surface area contributed by atoms with Gasteiger partial charge in [-0.15, -0.1) is 0 Å². The van der Waals surface area contributed by atoms with Crippen molar-refractivity contribution in [2.45, 2.75) is 37.8 Å². The molecule has 0 heterocycles. The first kappa shape index (κ1) is 12.0. The van der Waals surface area contributed by atoms with Gasteiger partial charge in [-0.25, -0.2) is 0 Å². The maximum absolute atomic E-state index is 9.68. The van der Waals surface area contributed by atoms with Gasteiger partial charge in [0, 0.05) is 23.8 Å². The van der Waals surface area contributed by atoms with Gasteiger partial charge in [-0.3, -0.25) is 0 Å². The quantitative estimate of drug-likeness (QED) is 0.751. The Kier molecular flexibility index (Phi) is 3.74. The third-order valence-electron chi connectivity index (χ3n) is 3.26. The molecule has 0 aliphatic heterocycles. The first-order valence-corrected chi connectivity index (χ1v) is 6.08. The van der Waals surface area contributed by atoms with Gasteiger partial charge in [0.25, 0.3) is 0 Å². The molecule has 1 aliphatic rings. The lowest BCUT2D eigenvalue weighted by Gasteiger charge is -2.28. The third-order valence-corrected chi connectivity index (χ3v) is 3.26. The standard InChI is InChI=1S/C13H20N2O2/c1-17-13-6-5-11(8-12(13)16)15-10-4-2-3-9(14)7-10/h5-6,8-10,15-16H,2-4,7,14H2,1H3. The molecular formula is C13H20N2O2. The molecule has 0 amide bonds. The van der Waals surface area contributed by atoms with Crippen LogP contribution < -0.4 is 15.8 Å². The Morgan fingerprint density at radius 3 is 2.88 bits per heavy atom. The highest BCUT2D eigenvalue weighted by atomic mass is 16.5. The van der Waals surface area contributed by atoms with Crippen LogP contribution in [0.4, 0.5) is 5.69 Å². The number of benzene rings is 1. The number of hydrogen-bond acceptors (Lipinski definition) is 4. The van der Waals surface area contributed by atoms with E-state index in [1.54, 1.807) is 19.2 Å². The lowest BCUT2D eigenvalue weighted by atomic mass is 9.91. The summed E-state index contributed by atoms with van der Waals surface area (Å²) >= 11 is 0. The Hall–Kier alpha value is -1.42. The van der Waals surface area contributed by atoms with Gasteiger partial charge in [-0.05, 0) is 37.8 Å². The number of ether oxygens (including phenoxy) is 1. The fourth-order valence-electron chi connectivity index (χ4n) is 2.37. The van der Waals surface area contributed by atoms with Gasteiger partial charge in [0.1, 0.15) is 0 Å². The van der Waals surface area contributed by atoms with Crippen LogP contribution in [0.2, 0.25) is 0 Å². The van der Waals surface area contributed by atoms with Crippen molar-refractivity contribution in [3.8, 4) is 11.5 Å². The summed E-state index contributed by atoms with van der Waals surface area (Å²) in [5.74, 6) is 0.661. The van der Waals surface area contributed by atoms with E-state index in [1.165, 1.54) is 6.42 Å². The van der Waals surface area contributed by atoms with Crippen molar-refractivity contribution in [2.24, 2.45) is 5.73 Å². The number of nitrogens with two attached hydrogens (primary N) is 1. The fourth-order valence-corrected chi connectivity index (χ4v) is 2.37. The van der Waals surface area contributed by atoms with Crippen molar-refractivity contribution >= 4 is 5.69 Å². The van der Waals surface area contributed by atoms with E-state index >= 15 is 0 Å². The third kappa shape index (κ3) is 3.03. The van der Waals surface area contributed by atoms with Crippen molar-refractivity contribution in [1.29, 1.82) is 0 Å². The molecule has 0 saturated heterocycles. The highest BCUT2D eigenvalue weighted by molar-refractivity contribution is 5.54. The largest absolute Gasteiger partial charge is 0.504 e. The molecule has 4 N–H and O–H groups in total. The highest BCUT2D eigenvalue weighted by Crippen LogP contribution is 2.30. The van der Waals surface area contributed by atoms with Crippen LogP contribution in [-0.4, -0.2) is 24.3 Å². The molecule has 0 bridgehead atoms. The lowest BCUT2D eigenvalue weighted by molar-refractivity contribution is 0.373. The molecule has 17 heavy (non-hydrogen) atoms. The first-order chi connectivity index (χ1) is 8.19. The minimum absolute atomic E-state index is 0.164. The van der Waals surface area contributed by atoms with Crippen molar-refractivity contribution in [3.05, 3.63) is 18.2 Å². The van der Waals surface area contributed by atoms with Crippen molar-refractivity contribution in [3.63, 3.8) is 0 Å². The summed E-state index contributed by atoms with van der Waals surface area (Å²) in [5.41, 5.74) is 6.86. The zero-order valence-corrected chi connectivity index (χ0v) is 10.1. The molecule has 4 heteroatoms. The van der Waals surface area contributed by atoms with Crippen LogP contribution in [0.5, 0.6) is 11.5 Å². The molecule has 0 aromatic heterocycles. The number of phenolic OH excluding ortho intramolecular Hbond substituents is 1. The summed E-state index contributed by atoms with van der Waals surface area (Å²) < 4.78 is 5.01. The van der Waals surface area contributed by atoms with E-state index in [0.29, 0.717) is 17.8 Å². The molecule has 0 radical (unpaired) electrons. The Bertz CT molecular complexity index is 382. The normalized spacial score (nSPS) is 24.4. The average Bonchev–Trinajstić information content (AvgIpc) is 2.29. The van der Waals surface area contributed by atoms with E-state index in [9.17, 15) is 5.11 Å². The Morgan fingerprint density at radius 1 is 1.41 bits per heavy atom. The highest BCUT2D eigenvalue weighted by Gasteiger charge is 2.19. The maximum atomic E-state index is 9.68. The van der Waals surface area contributed by atoms with Gasteiger partial charge in [0.2, 0.25) is 0 Å². The van der Waals surface area contributed by atoms with E-state index in [-0.39, 0.29) is 5.75 Å². The molecule has 2 unspecified atom stereocenters. The van der Waals surface area contributed by atoms with Crippen LogP contribution in [0.1, 0.15) is 25.7 Å². The number of aromatic hydroxyl groups is 1. The van der Waals surface area contributed by atoms with Crippen LogP contribution in [0, 0.1) is 0 Å². The molecular weight excluding hydrogens is 216 g/mol. The molecule has 1 fully saturated rings. The summed E-state index contributed by atoms with van der Waals surface area (Å²) in [4.78, 5) is 0. The number of anilines is 1. The fraction of sp³-hybridized carbons (Fsp3) is 0.538. The van der Waals surface area contributed by atoms with E-state index in [2.05, 4.69) is 5.32 Å². The molecule has 1 aliphatic carbocycles. The summed E-state index contributed by atoms with van der Waals surface area (Å²) in [6.07, 6.45) is 4.42. The smallest absolute Gasteiger partial charge is 0.160 e. The second-order valence-electron chi connectivity index (χ2n) is 4.65. The molecule has 2 rings (SSSR count). The van der Waals surface area contributed by atoms with E-state index < -0.39 is 0 Å². The maximum Gasteiger partial charge on any atom is 0.160 e. The minimum atomic E-state index is 0.164. The monoisotopic (exact) mass is 236 g/mol. The Labute approximate surface area is 102 Å². The second kappa shape index (κ2) is 5.27. The van der Waals surface area contributed by atoms with E-state index in [0.717, 1.165) is 24.9 Å². The molecule has 1 saturated carbocycles. The van der Waals surface area contributed by atoms with Gasteiger partial charge in [-0.2, -0.15) is 0 Å². The van der Waals surface area contributed by atoms with Gasteiger partial charge < -0.3 is 20.9 Å². The number of nitrogens with one attached hydrogen (secondary N) is 1. The van der Waals surface area contributed by atoms with Crippen LogP contribution in [0.3, 0.4) is 0 Å². The molecule has 2 atom stereocenters. The molecule has 4 nitrogen and oxygen atoms in total. The van der Waals surface area contributed by atoms with Gasteiger partial charge >= 0.3 is 0 Å². The summed E-state index contributed by atoms with van der Waals surface area (Å²) in [7, 11) is 1.54. The van der Waals surface area contributed by atoms with Crippen molar-refractivity contribution in [1.82, 2.24) is 0 Å². The summed E-state index contributed by atoms with van der Waals surface area (Å²) in [6, 6.07) is 6.08. The number of phenols is 1. The van der Waals surface area contributed by atoms with Crippen molar-refractivity contribution in [2.75, 3.05) is 12.4 Å². The predicted octanol–water partition coefficient (Wildman–Crippen LogP) is 2.08. The SMILES string of the molecule is COc1ccc(NC2CCCC(N)C2)cc1O. The van der Waals surface area contributed by atoms with Gasteiger partial charge in [-0.1, -0.05) is 0 Å². The second-order valence-corrected chi connectivity index (χ2v) is 4.65. The number of rotatable bonds is 3. The molecule has 1 aromatic carbocycles. The lowest BCUT2D eigenvalue weighted by Crippen LogP contribution is -2.34. The number of methoxy groups -OCH3 is 1. The minimum Gasteiger partial charge on any atom is -0.504 e. The zero-order valence-electron chi connectivity index (χ0n) is 10.1. The van der Waals surface area contributed by atoms with E-state index in [4.69, 9.17) is 10.5 Å². The van der Waals surface area contributed by atoms with Gasteiger partial charge in [0.15, 0.2) is 11.5 Å². The Balaban J connectivity index is 2.00. The Morgan fingerprint density at radius 2 is 2.24 bits per heavy atom. The molecule has 0 spiro atoms. The summed E-state index contributed by atoms with van der Waals surface area (Å²) in [6.45, 7) is 0. The van der Waals surface area contributed by atoms with Crippen molar-refractivity contribution < 1.29 is 9.84 Å². The molecule has 94 valence electrons. The van der Waals surface area contributed by atoms with Crippen LogP contribution in [0.25, 0.3) is 0 Å². The van der Waals surface area contributed by atoms with Crippen LogP contribution in [-0.2, 0) is 0 Å². The molecule has 1 aromatic rings. The van der Waals surface area contributed by atoms with Crippen LogP contribution in [0.15, 0.2) is 18.2 Å².